The molecule has 0 unspecified atom stereocenters. The maximum atomic E-state index is 11.0. The van der Waals surface area contributed by atoms with Crippen molar-refractivity contribution in [2.24, 2.45) is 5.11 Å². The predicted octanol–water partition coefficient (Wildman–Crippen LogP) is 0.238. The van der Waals surface area contributed by atoms with Gasteiger partial charge >= 0.3 is 0 Å². The molecule has 1 heterocycles. The van der Waals surface area contributed by atoms with E-state index in [1.165, 1.54) is 12.2 Å². The van der Waals surface area contributed by atoms with Crippen LogP contribution in [-0.4, -0.2) is 43.0 Å². The Morgan fingerprint density at radius 3 is 2.60 bits per heavy atom. The van der Waals surface area contributed by atoms with Crippen molar-refractivity contribution in [2.75, 3.05) is 26.3 Å². The monoisotopic (exact) mass is 210 g/mol. The van der Waals surface area contributed by atoms with E-state index in [2.05, 4.69) is 10.0 Å². The van der Waals surface area contributed by atoms with Crippen molar-refractivity contribution in [1.29, 1.82) is 0 Å². The third kappa shape index (κ3) is 3.41. The van der Waals surface area contributed by atoms with Gasteiger partial charge in [0.2, 0.25) is 0 Å². The second-order valence-electron chi connectivity index (χ2n) is 2.73. The molecular weight excluding hydrogens is 200 g/mol. The summed E-state index contributed by atoms with van der Waals surface area (Å²) in [6.07, 6.45) is 2.45. The summed E-state index contributed by atoms with van der Waals surface area (Å²) < 4.78 is 5.06. The van der Waals surface area contributed by atoms with E-state index in [1.807, 2.05) is 0 Å². The smallest absolute Gasteiger partial charge is 0.253 e. The van der Waals surface area contributed by atoms with Gasteiger partial charge in [0.05, 0.1) is 19.8 Å². The van der Waals surface area contributed by atoms with Crippen molar-refractivity contribution in [3.05, 3.63) is 22.6 Å². The molecule has 0 radical (unpaired) electrons. The summed E-state index contributed by atoms with van der Waals surface area (Å²) in [5, 5.41) is 3.27. The first-order valence-corrected chi connectivity index (χ1v) is 4.38. The molecule has 0 aromatic rings. The van der Waals surface area contributed by atoms with E-state index in [0.717, 1.165) is 4.90 Å². The van der Waals surface area contributed by atoms with E-state index in [0.29, 0.717) is 0 Å². The fourth-order valence-corrected chi connectivity index (χ4v) is 1.06. The standard InChI is InChI=1S/C8H10N4O3/c9-11-10-3-5-15-6-4-12-7(13)1-2-8(12)14/h1-2H,3-6H2. The number of hydrogen-bond donors (Lipinski definition) is 0. The Labute approximate surface area is 85.9 Å². The Kier molecular flexibility index (Phi) is 4.33. The molecule has 1 rings (SSSR count). The van der Waals surface area contributed by atoms with Gasteiger partial charge in [-0.25, -0.2) is 0 Å². The predicted molar refractivity (Wildman–Crippen MR) is 50.7 cm³/mol. The Balaban J connectivity index is 2.13. The first-order valence-electron chi connectivity index (χ1n) is 4.38. The minimum atomic E-state index is -0.321. The molecular formula is C8H10N4O3. The third-order valence-corrected chi connectivity index (χ3v) is 1.76. The highest BCUT2D eigenvalue weighted by atomic mass is 16.5. The molecule has 7 heteroatoms. The van der Waals surface area contributed by atoms with Crippen molar-refractivity contribution in [2.45, 2.75) is 0 Å². The molecule has 0 fully saturated rings. The summed E-state index contributed by atoms with van der Waals surface area (Å²) >= 11 is 0. The second-order valence-corrected chi connectivity index (χ2v) is 2.73. The van der Waals surface area contributed by atoms with Crippen LogP contribution >= 0.6 is 0 Å². The number of nitrogens with zero attached hydrogens (tertiary/aromatic N) is 4. The van der Waals surface area contributed by atoms with Crippen LogP contribution in [0.5, 0.6) is 0 Å². The molecule has 15 heavy (non-hydrogen) atoms. The molecule has 7 nitrogen and oxygen atoms in total. The zero-order valence-corrected chi connectivity index (χ0v) is 8.00. The van der Waals surface area contributed by atoms with Crippen LogP contribution in [0, 0.1) is 0 Å². The lowest BCUT2D eigenvalue weighted by molar-refractivity contribution is -0.137. The van der Waals surface area contributed by atoms with E-state index in [4.69, 9.17) is 10.3 Å². The van der Waals surface area contributed by atoms with Gasteiger partial charge in [0.25, 0.3) is 11.8 Å². The molecule has 0 aromatic heterocycles. The number of carbonyl (C=O) groups is 2. The first-order chi connectivity index (χ1) is 7.25. The largest absolute Gasteiger partial charge is 0.379 e. The number of imide groups is 1. The quantitative estimate of drug-likeness (QED) is 0.206. The van der Waals surface area contributed by atoms with Gasteiger partial charge in [-0.1, -0.05) is 5.11 Å². The summed E-state index contributed by atoms with van der Waals surface area (Å²) in [6.45, 7) is 1.01. The highest BCUT2D eigenvalue weighted by Gasteiger charge is 2.22. The van der Waals surface area contributed by atoms with E-state index in [1.54, 1.807) is 0 Å². The number of amides is 2. The van der Waals surface area contributed by atoms with Crippen molar-refractivity contribution >= 4 is 11.8 Å². The van der Waals surface area contributed by atoms with Gasteiger partial charge in [0, 0.05) is 23.6 Å². The van der Waals surface area contributed by atoms with Gasteiger partial charge in [-0.3, -0.25) is 14.5 Å². The maximum absolute atomic E-state index is 11.0. The topological polar surface area (TPSA) is 95.4 Å². The van der Waals surface area contributed by atoms with Crippen molar-refractivity contribution in [3.8, 4) is 0 Å². The van der Waals surface area contributed by atoms with Crippen LogP contribution in [-0.2, 0) is 14.3 Å². The number of rotatable bonds is 6. The molecule has 1 aliphatic rings. The molecule has 0 N–H and O–H groups in total. The fraction of sp³-hybridized carbons (Fsp3) is 0.500. The van der Waals surface area contributed by atoms with Crippen LogP contribution in [0.25, 0.3) is 10.4 Å². The van der Waals surface area contributed by atoms with Gasteiger partial charge in [-0.05, 0) is 5.53 Å². The molecule has 2 amide bonds. The van der Waals surface area contributed by atoms with Crippen LogP contribution in [0.3, 0.4) is 0 Å². The average Bonchev–Trinajstić information content (AvgIpc) is 2.54. The minimum absolute atomic E-state index is 0.223. The molecule has 0 spiro atoms. The average molecular weight is 210 g/mol. The first kappa shape index (κ1) is 11.2. The Morgan fingerprint density at radius 2 is 2.00 bits per heavy atom. The lowest BCUT2D eigenvalue weighted by Crippen LogP contribution is -2.33. The van der Waals surface area contributed by atoms with Crippen LogP contribution in [0.4, 0.5) is 0 Å². The van der Waals surface area contributed by atoms with Gasteiger partial charge in [0.15, 0.2) is 0 Å². The SMILES string of the molecule is [N-]=[N+]=NCCOCCN1C(=O)C=CC1=O. The normalized spacial score (nSPS) is 14.5. The maximum Gasteiger partial charge on any atom is 0.253 e. The molecule has 1 aliphatic heterocycles. The number of carbonyl (C=O) groups excluding carboxylic acids is 2. The Morgan fingerprint density at radius 1 is 1.33 bits per heavy atom. The molecule has 0 aromatic carbocycles. The van der Waals surface area contributed by atoms with Crippen LogP contribution < -0.4 is 0 Å². The van der Waals surface area contributed by atoms with Crippen LogP contribution in [0.15, 0.2) is 17.3 Å². The van der Waals surface area contributed by atoms with Crippen molar-refractivity contribution in [1.82, 2.24) is 4.90 Å². The van der Waals surface area contributed by atoms with Crippen molar-refractivity contribution < 1.29 is 14.3 Å². The summed E-state index contributed by atoms with van der Waals surface area (Å²) in [6, 6.07) is 0. The highest BCUT2D eigenvalue weighted by molar-refractivity contribution is 6.12. The second kappa shape index (κ2) is 5.79. The fourth-order valence-electron chi connectivity index (χ4n) is 1.06. The molecule has 0 atom stereocenters. The molecule has 0 aliphatic carbocycles. The van der Waals surface area contributed by atoms with Gasteiger partial charge < -0.3 is 4.74 Å². The molecule has 0 saturated carbocycles. The van der Waals surface area contributed by atoms with Gasteiger partial charge in [0.1, 0.15) is 0 Å². The Bertz CT molecular complexity index is 315. The molecule has 0 saturated heterocycles. The summed E-state index contributed by atoms with van der Waals surface area (Å²) in [7, 11) is 0. The summed E-state index contributed by atoms with van der Waals surface area (Å²) in [5.41, 5.74) is 7.96. The minimum Gasteiger partial charge on any atom is -0.379 e. The van der Waals surface area contributed by atoms with Gasteiger partial charge in [-0.2, -0.15) is 0 Å². The van der Waals surface area contributed by atoms with E-state index in [-0.39, 0.29) is 38.1 Å². The third-order valence-electron chi connectivity index (χ3n) is 1.76. The molecule has 80 valence electrons. The zero-order valence-electron chi connectivity index (χ0n) is 8.00. The molecule has 0 bridgehead atoms. The van der Waals surface area contributed by atoms with E-state index in [9.17, 15) is 9.59 Å². The van der Waals surface area contributed by atoms with Crippen LogP contribution in [0.2, 0.25) is 0 Å². The lowest BCUT2D eigenvalue weighted by atomic mass is 10.5. The van der Waals surface area contributed by atoms with Crippen molar-refractivity contribution in [3.63, 3.8) is 0 Å². The van der Waals surface area contributed by atoms with Gasteiger partial charge in [-0.15, -0.1) is 0 Å². The lowest BCUT2D eigenvalue weighted by Gasteiger charge is -2.12. The van der Waals surface area contributed by atoms with E-state index >= 15 is 0 Å². The number of hydrogen-bond acceptors (Lipinski definition) is 4. The Hall–Kier alpha value is -1.85. The van der Waals surface area contributed by atoms with E-state index < -0.39 is 0 Å². The number of azide groups is 1. The van der Waals surface area contributed by atoms with Crippen LogP contribution in [0.1, 0.15) is 0 Å². The summed E-state index contributed by atoms with van der Waals surface area (Å²) in [4.78, 5) is 25.7. The zero-order chi connectivity index (χ0) is 11.1. The summed E-state index contributed by atoms with van der Waals surface area (Å²) in [5.74, 6) is -0.641. The number of ether oxygens (including phenoxy) is 1. The highest BCUT2D eigenvalue weighted by Crippen LogP contribution is 2.02.